The number of rotatable bonds is 7. The summed E-state index contributed by atoms with van der Waals surface area (Å²) in [6.07, 6.45) is 2.92. The predicted molar refractivity (Wildman–Crippen MR) is 77.3 cm³/mol. The molecule has 2 amide bonds. The maximum absolute atomic E-state index is 11.8. The van der Waals surface area contributed by atoms with E-state index in [1.165, 1.54) is 0 Å². The first-order valence-electron chi connectivity index (χ1n) is 6.17. The lowest BCUT2D eigenvalue weighted by atomic mass is 10.2. The molecular formula is C13H18BrN3O2. The van der Waals surface area contributed by atoms with E-state index < -0.39 is 0 Å². The molecule has 0 aliphatic carbocycles. The second kappa shape index (κ2) is 8.66. The minimum Gasteiger partial charge on any atom is -0.352 e. The third kappa shape index (κ3) is 5.85. The van der Waals surface area contributed by atoms with Gasteiger partial charge in [0, 0.05) is 17.4 Å². The molecule has 1 rings (SSSR count). The zero-order valence-corrected chi connectivity index (χ0v) is 12.2. The molecule has 0 aromatic heterocycles. The van der Waals surface area contributed by atoms with Gasteiger partial charge < -0.3 is 5.32 Å². The van der Waals surface area contributed by atoms with Gasteiger partial charge in [0.2, 0.25) is 5.91 Å². The highest BCUT2D eigenvalue weighted by Crippen LogP contribution is 2.15. The highest BCUT2D eigenvalue weighted by Gasteiger charge is 2.07. The van der Waals surface area contributed by atoms with Crippen molar-refractivity contribution < 1.29 is 9.59 Å². The molecule has 1 aromatic rings. The number of carbonyl (C=O) groups excluding carboxylic acids is 2. The van der Waals surface area contributed by atoms with Gasteiger partial charge in [-0.2, -0.15) is 0 Å². The number of nitrogens with two attached hydrogens (primary N) is 1. The topological polar surface area (TPSA) is 84.2 Å². The Morgan fingerprint density at radius 3 is 2.58 bits per heavy atom. The Labute approximate surface area is 121 Å². The van der Waals surface area contributed by atoms with Gasteiger partial charge in [0.1, 0.15) is 0 Å². The van der Waals surface area contributed by atoms with Crippen molar-refractivity contribution in [3.05, 3.63) is 34.3 Å². The monoisotopic (exact) mass is 327 g/mol. The molecule has 0 saturated heterocycles. The second-order valence-electron chi connectivity index (χ2n) is 4.11. The Hall–Kier alpha value is -1.40. The Morgan fingerprint density at radius 2 is 1.89 bits per heavy atom. The summed E-state index contributed by atoms with van der Waals surface area (Å²) >= 11 is 3.34. The Bertz CT molecular complexity index is 438. The van der Waals surface area contributed by atoms with E-state index in [9.17, 15) is 9.59 Å². The maximum Gasteiger partial charge on any atom is 0.252 e. The molecule has 0 radical (unpaired) electrons. The van der Waals surface area contributed by atoms with Crippen LogP contribution < -0.4 is 16.6 Å². The van der Waals surface area contributed by atoms with E-state index in [1.54, 1.807) is 6.07 Å². The lowest BCUT2D eigenvalue weighted by molar-refractivity contribution is -0.121. The standard InChI is InChI=1S/C13H18BrN3O2/c14-11-7-4-3-6-10(11)13(19)16-9-5-1-2-8-12(18)17-15/h3-4,6-7H,1-2,5,8-9,15H2,(H,16,19)(H,17,18). The van der Waals surface area contributed by atoms with Crippen molar-refractivity contribution in [1.82, 2.24) is 10.7 Å². The van der Waals surface area contributed by atoms with Crippen molar-refractivity contribution in [3.63, 3.8) is 0 Å². The zero-order valence-electron chi connectivity index (χ0n) is 10.6. The van der Waals surface area contributed by atoms with Crippen molar-refractivity contribution >= 4 is 27.7 Å². The van der Waals surface area contributed by atoms with Gasteiger partial charge in [-0.15, -0.1) is 0 Å². The SMILES string of the molecule is NNC(=O)CCCCCNC(=O)c1ccccc1Br. The molecule has 0 aliphatic heterocycles. The van der Waals surface area contributed by atoms with Crippen molar-refractivity contribution in [2.45, 2.75) is 25.7 Å². The molecule has 6 heteroatoms. The summed E-state index contributed by atoms with van der Waals surface area (Å²) in [6.45, 7) is 0.602. The smallest absolute Gasteiger partial charge is 0.252 e. The number of unbranched alkanes of at least 4 members (excludes halogenated alkanes) is 2. The first kappa shape index (κ1) is 15.7. The molecule has 19 heavy (non-hydrogen) atoms. The number of benzene rings is 1. The van der Waals surface area contributed by atoms with Crippen LogP contribution in [-0.4, -0.2) is 18.4 Å². The molecule has 5 nitrogen and oxygen atoms in total. The molecule has 0 saturated carbocycles. The Kier molecular flexibility index (Phi) is 7.14. The lowest BCUT2D eigenvalue weighted by Crippen LogP contribution is -2.29. The highest BCUT2D eigenvalue weighted by atomic mass is 79.9. The van der Waals surface area contributed by atoms with Crippen LogP contribution in [0.1, 0.15) is 36.0 Å². The van der Waals surface area contributed by atoms with Gasteiger partial charge in [0.05, 0.1) is 5.56 Å². The van der Waals surface area contributed by atoms with E-state index in [1.807, 2.05) is 18.2 Å². The van der Waals surface area contributed by atoms with E-state index in [4.69, 9.17) is 5.84 Å². The largest absolute Gasteiger partial charge is 0.352 e. The molecular weight excluding hydrogens is 310 g/mol. The molecule has 0 heterocycles. The third-order valence-corrected chi connectivity index (χ3v) is 3.34. The Balaban J connectivity index is 2.18. The fraction of sp³-hybridized carbons (Fsp3) is 0.385. The fourth-order valence-corrected chi connectivity index (χ4v) is 2.07. The molecule has 0 bridgehead atoms. The van der Waals surface area contributed by atoms with Gasteiger partial charge in [-0.1, -0.05) is 18.6 Å². The van der Waals surface area contributed by atoms with Crippen LogP contribution in [0.2, 0.25) is 0 Å². The summed E-state index contributed by atoms with van der Waals surface area (Å²) in [5, 5.41) is 2.85. The summed E-state index contributed by atoms with van der Waals surface area (Å²) in [6, 6.07) is 7.29. The molecule has 0 atom stereocenters. The first-order chi connectivity index (χ1) is 9.15. The van der Waals surface area contributed by atoms with Crippen LogP contribution in [0.15, 0.2) is 28.7 Å². The fourth-order valence-electron chi connectivity index (χ4n) is 1.60. The van der Waals surface area contributed by atoms with Gasteiger partial charge in [-0.25, -0.2) is 5.84 Å². The zero-order chi connectivity index (χ0) is 14.1. The minimum absolute atomic E-state index is 0.0906. The summed E-state index contributed by atoms with van der Waals surface area (Å²) < 4.78 is 0.784. The van der Waals surface area contributed by atoms with Crippen molar-refractivity contribution in [3.8, 4) is 0 Å². The molecule has 104 valence electrons. The molecule has 0 fully saturated rings. The lowest BCUT2D eigenvalue weighted by Gasteiger charge is -2.06. The minimum atomic E-state index is -0.155. The summed E-state index contributed by atoms with van der Waals surface area (Å²) in [5.74, 6) is 4.72. The highest BCUT2D eigenvalue weighted by molar-refractivity contribution is 9.10. The average molecular weight is 328 g/mol. The molecule has 0 aliphatic rings. The number of hydrazine groups is 1. The number of nitrogens with one attached hydrogen (secondary N) is 2. The number of hydrogen-bond donors (Lipinski definition) is 3. The van der Waals surface area contributed by atoms with E-state index in [0.717, 1.165) is 23.7 Å². The van der Waals surface area contributed by atoms with Crippen molar-refractivity contribution in [1.29, 1.82) is 0 Å². The maximum atomic E-state index is 11.8. The molecule has 0 spiro atoms. The summed E-state index contributed by atoms with van der Waals surface area (Å²) in [4.78, 5) is 22.7. The normalized spacial score (nSPS) is 10.0. The molecule has 0 unspecified atom stereocenters. The third-order valence-electron chi connectivity index (χ3n) is 2.65. The van der Waals surface area contributed by atoms with Crippen molar-refractivity contribution in [2.24, 2.45) is 5.84 Å². The van der Waals surface area contributed by atoms with Crippen LogP contribution in [0.3, 0.4) is 0 Å². The van der Waals surface area contributed by atoms with Gasteiger partial charge in [-0.3, -0.25) is 15.0 Å². The van der Waals surface area contributed by atoms with Gasteiger partial charge in [0.25, 0.3) is 5.91 Å². The quantitative estimate of drug-likeness (QED) is 0.308. The molecule has 1 aromatic carbocycles. The number of carbonyl (C=O) groups is 2. The first-order valence-corrected chi connectivity index (χ1v) is 6.96. The van der Waals surface area contributed by atoms with Crippen LogP contribution in [-0.2, 0) is 4.79 Å². The van der Waals surface area contributed by atoms with Crippen molar-refractivity contribution in [2.75, 3.05) is 6.54 Å². The number of hydrogen-bond acceptors (Lipinski definition) is 3. The van der Waals surface area contributed by atoms with Gasteiger partial charge in [0.15, 0.2) is 0 Å². The number of amides is 2. The number of halogens is 1. The molecule has 4 N–H and O–H groups in total. The Morgan fingerprint density at radius 1 is 1.16 bits per heavy atom. The second-order valence-corrected chi connectivity index (χ2v) is 4.97. The summed E-state index contributed by atoms with van der Waals surface area (Å²) in [5.41, 5.74) is 2.72. The van der Waals surface area contributed by atoms with E-state index in [2.05, 4.69) is 26.7 Å². The van der Waals surface area contributed by atoms with Crippen LogP contribution in [0.25, 0.3) is 0 Å². The average Bonchev–Trinajstić information content (AvgIpc) is 2.42. The van der Waals surface area contributed by atoms with E-state index in [0.29, 0.717) is 18.5 Å². The predicted octanol–water partition coefficient (Wildman–Crippen LogP) is 1.73. The van der Waals surface area contributed by atoms with Gasteiger partial charge in [-0.05, 0) is 40.9 Å². The van der Waals surface area contributed by atoms with E-state index in [-0.39, 0.29) is 11.8 Å². The van der Waals surface area contributed by atoms with Crippen LogP contribution in [0.5, 0.6) is 0 Å². The van der Waals surface area contributed by atoms with E-state index >= 15 is 0 Å². The van der Waals surface area contributed by atoms with Crippen LogP contribution in [0.4, 0.5) is 0 Å². The summed E-state index contributed by atoms with van der Waals surface area (Å²) in [7, 11) is 0. The van der Waals surface area contributed by atoms with Gasteiger partial charge >= 0.3 is 0 Å². The van der Waals surface area contributed by atoms with Crippen LogP contribution >= 0.6 is 15.9 Å². The van der Waals surface area contributed by atoms with Crippen LogP contribution in [0, 0.1) is 0 Å².